The SMILES string of the molecule is C=C(O[SiH2]OC(=C)c1ccccc1)c1ccccc1. The van der Waals surface area contributed by atoms with Gasteiger partial charge in [0.1, 0.15) is 11.5 Å². The lowest BCUT2D eigenvalue weighted by atomic mass is 10.2. The topological polar surface area (TPSA) is 18.5 Å². The highest BCUT2D eigenvalue weighted by atomic mass is 28.3. The molecule has 2 aromatic carbocycles. The van der Waals surface area contributed by atoms with Crippen LogP contribution < -0.4 is 0 Å². The molecule has 0 unspecified atom stereocenters. The molecule has 0 saturated heterocycles. The van der Waals surface area contributed by atoms with Crippen molar-refractivity contribution in [3.05, 3.63) is 84.9 Å². The molecule has 0 N–H and O–H groups in total. The van der Waals surface area contributed by atoms with Crippen LogP contribution in [0.15, 0.2) is 73.8 Å². The van der Waals surface area contributed by atoms with Crippen molar-refractivity contribution in [2.45, 2.75) is 0 Å². The Morgan fingerprint density at radius 1 is 0.684 bits per heavy atom. The number of hydrogen-bond acceptors (Lipinski definition) is 2. The van der Waals surface area contributed by atoms with Crippen molar-refractivity contribution >= 4 is 21.5 Å². The van der Waals surface area contributed by atoms with Crippen molar-refractivity contribution in [1.29, 1.82) is 0 Å². The second-order valence-corrected chi connectivity index (χ2v) is 4.80. The number of rotatable bonds is 6. The van der Waals surface area contributed by atoms with Crippen LogP contribution in [0, 0.1) is 0 Å². The van der Waals surface area contributed by atoms with Gasteiger partial charge in [0.15, 0.2) is 0 Å². The van der Waals surface area contributed by atoms with Crippen LogP contribution in [0.5, 0.6) is 0 Å². The molecule has 0 heterocycles. The molecule has 3 heteroatoms. The molecule has 2 aromatic rings. The van der Waals surface area contributed by atoms with Gasteiger partial charge in [-0.15, -0.1) is 0 Å². The maximum absolute atomic E-state index is 5.58. The first-order valence-electron chi connectivity index (χ1n) is 6.01. The highest BCUT2D eigenvalue weighted by Crippen LogP contribution is 2.15. The van der Waals surface area contributed by atoms with Gasteiger partial charge in [-0.1, -0.05) is 73.8 Å². The second-order valence-electron chi connectivity index (χ2n) is 3.98. The third-order valence-electron chi connectivity index (χ3n) is 2.66. The minimum absolute atomic E-state index is 0.646. The van der Waals surface area contributed by atoms with Crippen LogP contribution in [0.25, 0.3) is 11.5 Å². The maximum Gasteiger partial charge on any atom is 0.427 e. The molecule has 2 rings (SSSR count). The monoisotopic (exact) mass is 268 g/mol. The Balaban J connectivity index is 1.81. The molecule has 0 fully saturated rings. The van der Waals surface area contributed by atoms with Gasteiger partial charge in [0, 0.05) is 11.1 Å². The lowest BCUT2D eigenvalue weighted by Crippen LogP contribution is -2.02. The first-order chi connectivity index (χ1) is 9.27. The second kappa shape index (κ2) is 6.61. The van der Waals surface area contributed by atoms with E-state index in [2.05, 4.69) is 13.2 Å². The summed E-state index contributed by atoms with van der Waals surface area (Å²) >= 11 is 0. The minimum Gasteiger partial charge on any atom is -0.516 e. The summed E-state index contributed by atoms with van der Waals surface area (Å²) in [5.74, 6) is 1.29. The fourth-order valence-electron chi connectivity index (χ4n) is 1.59. The van der Waals surface area contributed by atoms with Crippen molar-refractivity contribution in [3.63, 3.8) is 0 Å². The lowest BCUT2D eigenvalue weighted by molar-refractivity contribution is 0.413. The van der Waals surface area contributed by atoms with E-state index in [9.17, 15) is 0 Å². The first-order valence-corrected chi connectivity index (χ1v) is 7.17. The Kier molecular flexibility index (Phi) is 4.58. The van der Waals surface area contributed by atoms with E-state index in [4.69, 9.17) is 8.85 Å². The molecular weight excluding hydrogens is 252 g/mol. The van der Waals surface area contributed by atoms with Gasteiger partial charge in [-0.2, -0.15) is 0 Å². The van der Waals surface area contributed by atoms with Gasteiger partial charge >= 0.3 is 10.0 Å². The van der Waals surface area contributed by atoms with Crippen LogP contribution in [0.2, 0.25) is 0 Å². The van der Waals surface area contributed by atoms with E-state index in [1.54, 1.807) is 0 Å². The van der Waals surface area contributed by atoms with E-state index in [-0.39, 0.29) is 0 Å². The summed E-state index contributed by atoms with van der Waals surface area (Å²) in [6, 6.07) is 19.6. The van der Waals surface area contributed by atoms with E-state index in [0.717, 1.165) is 11.1 Å². The van der Waals surface area contributed by atoms with Crippen LogP contribution in [0.1, 0.15) is 11.1 Å². The van der Waals surface area contributed by atoms with Gasteiger partial charge in [-0.05, 0) is 0 Å². The molecule has 0 aliphatic heterocycles. The molecule has 0 atom stereocenters. The molecular formula is C16H16O2Si. The molecule has 2 nitrogen and oxygen atoms in total. The zero-order valence-corrected chi connectivity index (χ0v) is 12.1. The van der Waals surface area contributed by atoms with Crippen LogP contribution in [-0.4, -0.2) is 10.0 Å². The highest BCUT2D eigenvalue weighted by molar-refractivity contribution is 6.22. The standard InChI is InChI=1S/C16H16O2Si/c1-13(15-9-5-3-6-10-15)17-19-18-14(2)16-11-7-4-8-12-16/h3-12H,1-2,19H2. The quantitative estimate of drug-likeness (QED) is 0.591. The highest BCUT2D eigenvalue weighted by Gasteiger charge is 2.02. The third kappa shape index (κ3) is 3.86. The Labute approximate surface area is 116 Å². The van der Waals surface area contributed by atoms with Crippen molar-refractivity contribution in [3.8, 4) is 0 Å². The van der Waals surface area contributed by atoms with Crippen LogP contribution in [0.3, 0.4) is 0 Å². The number of hydrogen-bond donors (Lipinski definition) is 0. The summed E-state index contributed by atoms with van der Waals surface area (Å²) in [4.78, 5) is 0. The van der Waals surface area contributed by atoms with E-state index in [1.165, 1.54) is 0 Å². The molecule has 0 spiro atoms. The molecule has 96 valence electrons. The van der Waals surface area contributed by atoms with Crippen LogP contribution in [0.4, 0.5) is 0 Å². The molecule has 0 aliphatic rings. The van der Waals surface area contributed by atoms with Gasteiger partial charge in [0.25, 0.3) is 0 Å². The molecule has 0 aliphatic carbocycles. The Hall–Kier alpha value is -2.26. The predicted octanol–water partition coefficient (Wildman–Crippen LogP) is 3.36. The summed E-state index contributed by atoms with van der Waals surface area (Å²) in [5, 5.41) is 0. The van der Waals surface area contributed by atoms with Gasteiger partial charge < -0.3 is 8.85 Å². The van der Waals surface area contributed by atoms with E-state index in [1.807, 2.05) is 60.7 Å². The zero-order valence-electron chi connectivity index (χ0n) is 10.7. The lowest BCUT2D eigenvalue weighted by Gasteiger charge is -2.12. The maximum atomic E-state index is 5.58. The smallest absolute Gasteiger partial charge is 0.427 e. The zero-order chi connectivity index (χ0) is 13.5. The van der Waals surface area contributed by atoms with Gasteiger partial charge in [0.2, 0.25) is 0 Å². The van der Waals surface area contributed by atoms with Crippen LogP contribution in [-0.2, 0) is 8.85 Å². The van der Waals surface area contributed by atoms with E-state index in [0.29, 0.717) is 11.5 Å². The first kappa shape index (κ1) is 13.2. The van der Waals surface area contributed by atoms with Crippen molar-refractivity contribution in [2.75, 3.05) is 0 Å². The van der Waals surface area contributed by atoms with Crippen molar-refractivity contribution in [1.82, 2.24) is 0 Å². The van der Waals surface area contributed by atoms with Gasteiger partial charge in [-0.3, -0.25) is 0 Å². The van der Waals surface area contributed by atoms with E-state index < -0.39 is 10.0 Å². The molecule has 19 heavy (non-hydrogen) atoms. The van der Waals surface area contributed by atoms with Gasteiger partial charge in [0.05, 0.1) is 0 Å². The van der Waals surface area contributed by atoms with E-state index >= 15 is 0 Å². The summed E-state index contributed by atoms with van der Waals surface area (Å²) in [7, 11) is -1.17. The summed E-state index contributed by atoms with van der Waals surface area (Å²) in [5.41, 5.74) is 1.95. The van der Waals surface area contributed by atoms with Crippen molar-refractivity contribution < 1.29 is 8.85 Å². The van der Waals surface area contributed by atoms with Crippen molar-refractivity contribution in [2.24, 2.45) is 0 Å². The third-order valence-corrected chi connectivity index (χ3v) is 3.59. The summed E-state index contributed by atoms with van der Waals surface area (Å²) in [6.45, 7) is 7.79. The Bertz CT molecular complexity index is 498. The molecule has 0 aromatic heterocycles. The molecule has 0 radical (unpaired) electrons. The van der Waals surface area contributed by atoms with Crippen LogP contribution >= 0.6 is 0 Å². The molecule has 0 bridgehead atoms. The largest absolute Gasteiger partial charge is 0.516 e. The predicted molar refractivity (Wildman–Crippen MR) is 81.7 cm³/mol. The Morgan fingerprint density at radius 3 is 1.42 bits per heavy atom. The summed E-state index contributed by atoms with van der Waals surface area (Å²) in [6.07, 6.45) is 0. The Morgan fingerprint density at radius 2 is 1.05 bits per heavy atom. The average Bonchev–Trinajstić information content (AvgIpc) is 2.49. The molecule has 0 saturated carbocycles. The molecule has 0 amide bonds. The fraction of sp³-hybridized carbons (Fsp3) is 0. The minimum atomic E-state index is -1.17. The fourth-order valence-corrected chi connectivity index (χ4v) is 2.26. The normalized spacial score (nSPS) is 9.68. The van der Waals surface area contributed by atoms with Gasteiger partial charge in [-0.25, -0.2) is 0 Å². The average molecular weight is 268 g/mol. The number of benzene rings is 2. The summed E-state index contributed by atoms with van der Waals surface area (Å²) < 4.78 is 11.2.